The molecule has 3 heterocycles. The van der Waals surface area contributed by atoms with E-state index in [9.17, 15) is 9.59 Å². The fourth-order valence-corrected chi connectivity index (χ4v) is 4.92. The van der Waals surface area contributed by atoms with E-state index in [1.165, 1.54) is 0 Å². The van der Waals surface area contributed by atoms with Crippen LogP contribution in [0.2, 0.25) is 0 Å². The molecule has 0 N–H and O–H groups in total. The monoisotopic (exact) mass is 432 g/mol. The summed E-state index contributed by atoms with van der Waals surface area (Å²) in [6.45, 7) is 9.95. The van der Waals surface area contributed by atoms with Crippen LogP contribution in [0.1, 0.15) is 48.4 Å². The zero-order valence-corrected chi connectivity index (χ0v) is 17.9. The van der Waals surface area contributed by atoms with E-state index in [-0.39, 0.29) is 23.3 Å². The minimum atomic E-state index is -0.257. The van der Waals surface area contributed by atoms with Gasteiger partial charge < -0.3 is 14.2 Å². The molecule has 0 aliphatic carbocycles. The number of furan rings is 1. The zero-order valence-electron chi connectivity index (χ0n) is 16.3. The van der Waals surface area contributed by atoms with Gasteiger partial charge in [-0.15, -0.1) is 0 Å². The summed E-state index contributed by atoms with van der Waals surface area (Å²) >= 11 is 3.52. The molecule has 2 saturated heterocycles. The van der Waals surface area contributed by atoms with Crippen LogP contribution in [-0.2, 0) is 4.79 Å². The lowest BCUT2D eigenvalue weighted by atomic mass is 9.81. The summed E-state index contributed by atoms with van der Waals surface area (Å²) in [5.41, 5.74) is 2.40. The van der Waals surface area contributed by atoms with Crippen molar-refractivity contribution in [3.8, 4) is 0 Å². The number of benzene rings is 1. The number of β-lactam (4-membered cyclic amide) rings is 1. The van der Waals surface area contributed by atoms with Crippen LogP contribution in [0.15, 0.2) is 21.0 Å². The molecule has 27 heavy (non-hydrogen) atoms. The Kier molecular flexibility index (Phi) is 4.37. The highest BCUT2D eigenvalue weighted by atomic mass is 79.9. The number of carbonyl (C=O) groups is 2. The third-order valence-corrected chi connectivity index (χ3v) is 6.37. The molecule has 4 rings (SSSR count). The van der Waals surface area contributed by atoms with Crippen molar-refractivity contribution in [1.29, 1.82) is 0 Å². The third-order valence-electron chi connectivity index (χ3n) is 5.91. The number of fused-ring (bicyclic) bond motifs is 1. The highest BCUT2D eigenvalue weighted by molar-refractivity contribution is 9.10. The molecule has 0 radical (unpaired) electrons. The lowest BCUT2D eigenvalue weighted by Crippen LogP contribution is -2.65. The SMILES string of the molecule is Cc1c(C(=O)N2CCCC(N3CC(C)(C)C3=O)C2)oc2c(C)cc(Br)cc12. The number of carbonyl (C=O) groups excluding carboxylic acids is 2. The fourth-order valence-electron chi connectivity index (χ4n) is 4.34. The quantitative estimate of drug-likeness (QED) is 0.665. The Labute approximate surface area is 167 Å². The summed E-state index contributed by atoms with van der Waals surface area (Å²) in [5.74, 6) is 0.542. The number of piperidine rings is 1. The van der Waals surface area contributed by atoms with Gasteiger partial charge in [0.2, 0.25) is 5.91 Å². The molecule has 0 bridgehead atoms. The van der Waals surface area contributed by atoms with Gasteiger partial charge in [0.1, 0.15) is 5.58 Å². The molecule has 1 atom stereocenters. The van der Waals surface area contributed by atoms with Crippen molar-refractivity contribution in [3.05, 3.63) is 33.5 Å². The second-order valence-corrected chi connectivity index (χ2v) is 9.44. The van der Waals surface area contributed by atoms with Crippen molar-refractivity contribution >= 4 is 38.7 Å². The highest BCUT2D eigenvalue weighted by Crippen LogP contribution is 2.36. The number of hydrogen-bond donors (Lipinski definition) is 0. The minimum Gasteiger partial charge on any atom is -0.450 e. The van der Waals surface area contributed by atoms with Crippen molar-refractivity contribution in [2.45, 2.75) is 46.6 Å². The maximum absolute atomic E-state index is 13.2. The first kappa shape index (κ1) is 18.5. The van der Waals surface area contributed by atoms with Crippen LogP contribution in [0.3, 0.4) is 0 Å². The Morgan fingerprint density at radius 3 is 2.70 bits per heavy atom. The number of amides is 2. The van der Waals surface area contributed by atoms with Crippen molar-refractivity contribution in [2.75, 3.05) is 19.6 Å². The lowest BCUT2D eigenvalue weighted by molar-refractivity contribution is -0.162. The van der Waals surface area contributed by atoms with E-state index in [1.54, 1.807) is 0 Å². The first-order chi connectivity index (χ1) is 12.7. The molecule has 0 spiro atoms. The van der Waals surface area contributed by atoms with E-state index in [0.29, 0.717) is 18.8 Å². The Hall–Kier alpha value is -1.82. The fraction of sp³-hybridized carbons (Fsp3) is 0.524. The van der Waals surface area contributed by atoms with Crippen LogP contribution in [0.25, 0.3) is 11.0 Å². The topological polar surface area (TPSA) is 53.8 Å². The highest BCUT2D eigenvalue weighted by Gasteiger charge is 2.48. The number of hydrogen-bond acceptors (Lipinski definition) is 3. The largest absolute Gasteiger partial charge is 0.450 e. The van der Waals surface area contributed by atoms with Gasteiger partial charge in [-0.2, -0.15) is 0 Å². The van der Waals surface area contributed by atoms with Gasteiger partial charge in [0.05, 0.1) is 5.41 Å². The van der Waals surface area contributed by atoms with Gasteiger partial charge in [-0.05, 0) is 58.2 Å². The Bertz CT molecular complexity index is 947. The maximum atomic E-state index is 13.2. The molecule has 2 aliphatic rings. The molecule has 144 valence electrons. The standard InChI is InChI=1S/C21H25BrN2O3/c1-12-8-14(22)9-16-13(2)18(27-17(12)16)19(25)23-7-5-6-15(10-23)24-11-21(3,4)20(24)26/h8-9,15H,5-7,10-11H2,1-4H3. The van der Waals surface area contributed by atoms with Crippen LogP contribution >= 0.6 is 15.9 Å². The zero-order chi connectivity index (χ0) is 19.5. The average molecular weight is 433 g/mol. The summed E-state index contributed by atoms with van der Waals surface area (Å²) in [6.07, 6.45) is 1.86. The molecule has 0 saturated carbocycles. The molecule has 6 heteroatoms. The molecule has 2 aromatic rings. The van der Waals surface area contributed by atoms with Crippen molar-refractivity contribution in [2.24, 2.45) is 5.41 Å². The second kappa shape index (κ2) is 6.36. The smallest absolute Gasteiger partial charge is 0.289 e. The van der Waals surface area contributed by atoms with Crippen LogP contribution in [-0.4, -0.2) is 47.3 Å². The predicted octanol–water partition coefficient (Wildman–Crippen LogP) is 4.29. The molecule has 1 aromatic heterocycles. The van der Waals surface area contributed by atoms with Gasteiger partial charge in [0.15, 0.2) is 5.76 Å². The van der Waals surface area contributed by atoms with Gasteiger partial charge in [0.25, 0.3) is 5.91 Å². The molecule has 2 aliphatic heterocycles. The van der Waals surface area contributed by atoms with Gasteiger partial charge >= 0.3 is 0 Å². The Morgan fingerprint density at radius 1 is 1.30 bits per heavy atom. The van der Waals surface area contributed by atoms with E-state index in [4.69, 9.17) is 4.42 Å². The van der Waals surface area contributed by atoms with Crippen LogP contribution < -0.4 is 0 Å². The third kappa shape index (κ3) is 2.98. The van der Waals surface area contributed by atoms with Crippen molar-refractivity contribution in [1.82, 2.24) is 9.80 Å². The predicted molar refractivity (Wildman–Crippen MR) is 108 cm³/mol. The summed E-state index contributed by atoms with van der Waals surface area (Å²) in [7, 11) is 0. The van der Waals surface area contributed by atoms with E-state index in [2.05, 4.69) is 15.9 Å². The van der Waals surface area contributed by atoms with E-state index < -0.39 is 0 Å². The summed E-state index contributed by atoms with van der Waals surface area (Å²) in [4.78, 5) is 29.3. The number of rotatable bonds is 2. The van der Waals surface area contributed by atoms with Crippen LogP contribution in [0.4, 0.5) is 0 Å². The van der Waals surface area contributed by atoms with Crippen LogP contribution in [0, 0.1) is 19.3 Å². The van der Waals surface area contributed by atoms with Gasteiger partial charge in [0, 0.05) is 41.1 Å². The van der Waals surface area contributed by atoms with E-state index in [1.807, 2.05) is 49.6 Å². The lowest BCUT2D eigenvalue weighted by Gasteiger charge is -2.51. The molecule has 1 unspecified atom stereocenters. The summed E-state index contributed by atoms with van der Waals surface area (Å²) in [5, 5.41) is 0.971. The normalized spacial score (nSPS) is 22.3. The molecule has 2 fully saturated rings. The van der Waals surface area contributed by atoms with Crippen molar-refractivity contribution < 1.29 is 14.0 Å². The average Bonchev–Trinajstić information content (AvgIpc) is 2.96. The molecular weight excluding hydrogens is 408 g/mol. The Morgan fingerprint density at radius 2 is 2.04 bits per heavy atom. The van der Waals surface area contributed by atoms with Crippen molar-refractivity contribution in [3.63, 3.8) is 0 Å². The van der Waals surface area contributed by atoms with Gasteiger partial charge in [-0.3, -0.25) is 9.59 Å². The number of aryl methyl sites for hydroxylation is 2. The minimum absolute atomic E-state index is 0.0730. The first-order valence-electron chi connectivity index (χ1n) is 9.48. The van der Waals surface area contributed by atoms with E-state index in [0.717, 1.165) is 46.0 Å². The summed E-state index contributed by atoms with van der Waals surface area (Å²) in [6, 6.07) is 4.11. The Balaban J connectivity index is 1.58. The van der Waals surface area contributed by atoms with Crippen LogP contribution in [0.5, 0.6) is 0 Å². The molecule has 1 aromatic carbocycles. The van der Waals surface area contributed by atoms with Gasteiger partial charge in [-0.25, -0.2) is 0 Å². The molecule has 2 amide bonds. The summed E-state index contributed by atoms with van der Waals surface area (Å²) < 4.78 is 6.98. The van der Waals surface area contributed by atoms with Gasteiger partial charge in [-0.1, -0.05) is 15.9 Å². The number of likely N-dealkylation sites (tertiary alicyclic amines) is 2. The molecular formula is C21H25BrN2O3. The van der Waals surface area contributed by atoms with E-state index >= 15 is 0 Å². The second-order valence-electron chi connectivity index (χ2n) is 8.52. The molecule has 5 nitrogen and oxygen atoms in total. The first-order valence-corrected chi connectivity index (χ1v) is 10.3. The maximum Gasteiger partial charge on any atom is 0.289 e. The number of nitrogens with zero attached hydrogens (tertiary/aromatic N) is 2. The number of halogens is 1.